The lowest BCUT2D eigenvalue weighted by atomic mass is 10.1. The molecule has 2 aromatic carbocycles. The molecule has 0 spiro atoms. The monoisotopic (exact) mass is 375 g/mol. The minimum absolute atomic E-state index is 0.134. The van der Waals surface area contributed by atoms with Crippen LogP contribution >= 0.6 is 11.6 Å². The second-order valence-electron chi connectivity index (χ2n) is 6.26. The molecule has 2 aromatic rings. The normalized spacial score (nSPS) is 11.7. The predicted molar refractivity (Wildman–Crippen MR) is 100 cm³/mol. The Morgan fingerprint density at radius 1 is 1.15 bits per heavy atom. The Morgan fingerprint density at radius 3 is 2.54 bits per heavy atom. The summed E-state index contributed by atoms with van der Waals surface area (Å²) in [5.74, 6) is -0.987. The van der Waals surface area contributed by atoms with E-state index in [0.717, 1.165) is 11.1 Å². The SMILES string of the molecule is CC(CN(C)C(=O)Cc1cccc(OCc2cccc(Cl)c2)c1)C(=O)O. The van der Waals surface area contributed by atoms with Gasteiger partial charge in [-0.1, -0.05) is 42.8 Å². The Hall–Kier alpha value is -2.53. The maximum absolute atomic E-state index is 12.3. The number of hydrogen-bond acceptors (Lipinski definition) is 3. The highest BCUT2D eigenvalue weighted by atomic mass is 35.5. The van der Waals surface area contributed by atoms with E-state index in [9.17, 15) is 9.59 Å². The molecule has 26 heavy (non-hydrogen) atoms. The molecule has 5 nitrogen and oxygen atoms in total. The molecule has 0 heterocycles. The van der Waals surface area contributed by atoms with Crippen molar-refractivity contribution in [2.24, 2.45) is 5.92 Å². The van der Waals surface area contributed by atoms with E-state index >= 15 is 0 Å². The predicted octanol–water partition coefficient (Wildman–Crippen LogP) is 3.64. The number of carboxylic acid groups (broad SMARTS) is 1. The number of halogens is 1. The fourth-order valence-electron chi connectivity index (χ4n) is 2.44. The molecule has 6 heteroatoms. The number of carbonyl (C=O) groups excluding carboxylic acids is 1. The molecule has 138 valence electrons. The molecule has 1 N–H and O–H groups in total. The van der Waals surface area contributed by atoms with Crippen LogP contribution in [0, 0.1) is 5.92 Å². The van der Waals surface area contributed by atoms with Gasteiger partial charge in [-0.15, -0.1) is 0 Å². The highest BCUT2D eigenvalue weighted by Crippen LogP contribution is 2.18. The summed E-state index contributed by atoms with van der Waals surface area (Å²) >= 11 is 5.96. The number of ether oxygens (including phenoxy) is 1. The topological polar surface area (TPSA) is 66.8 Å². The van der Waals surface area contributed by atoms with Crippen LogP contribution in [-0.2, 0) is 22.6 Å². The van der Waals surface area contributed by atoms with Crippen LogP contribution in [0.4, 0.5) is 0 Å². The van der Waals surface area contributed by atoms with Crippen molar-refractivity contribution in [2.45, 2.75) is 20.0 Å². The van der Waals surface area contributed by atoms with Crippen LogP contribution in [0.3, 0.4) is 0 Å². The highest BCUT2D eigenvalue weighted by Gasteiger charge is 2.17. The van der Waals surface area contributed by atoms with Gasteiger partial charge in [0.05, 0.1) is 12.3 Å². The zero-order valence-corrected chi connectivity index (χ0v) is 15.6. The molecule has 0 saturated carbocycles. The number of carbonyl (C=O) groups is 2. The van der Waals surface area contributed by atoms with Crippen molar-refractivity contribution in [1.82, 2.24) is 4.90 Å². The lowest BCUT2D eigenvalue weighted by Crippen LogP contribution is -2.34. The van der Waals surface area contributed by atoms with Gasteiger partial charge in [-0.3, -0.25) is 9.59 Å². The second kappa shape index (κ2) is 9.25. The third-order valence-electron chi connectivity index (χ3n) is 3.94. The maximum Gasteiger partial charge on any atom is 0.308 e. The van der Waals surface area contributed by atoms with E-state index in [1.54, 1.807) is 20.0 Å². The standard InChI is InChI=1S/C20H22ClNO4/c1-14(20(24)25)12-22(2)19(23)11-15-5-4-8-18(10-15)26-13-16-6-3-7-17(21)9-16/h3-10,14H,11-13H2,1-2H3,(H,24,25). The van der Waals surface area contributed by atoms with E-state index in [4.69, 9.17) is 21.4 Å². The summed E-state index contributed by atoms with van der Waals surface area (Å²) in [7, 11) is 1.61. The van der Waals surface area contributed by atoms with Gasteiger partial charge in [0.1, 0.15) is 12.4 Å². The zero-order chi connectivity index (χ0) is 19.1. The van der Waals surface area contributed by atoms with Gasteiger partial charge in [-0.05, 0) is 35.4 Å². The van der Waals surface area contributed by atoms with E-state index in [0.29, 0.717) is 17.4 Å². The van der Waals surface area contributed by atoms with Gasteiger partial charge in [0.2, 0.25) is 5.91 Å². The largest absolute Gasteiger partial charge is 0.489 e. The summed E-state index contributed by atoms with van der Waals surface area (Å²) in [5.41, 5.74) is 1.77. The number of likely N-dealkylation sites (N-methyl/N-ethyl adjacent to an activating group) is 1. The molecule has 0 aliphatic rings. The first-order valence-corrected chi connectivity index (χ1v) is 8.66. The Morgan fingerprint density at radius 2 is 1.85 bits per heavy atom. The summed E-state index contributed by atoms with van der Waals surface area (Å²) in [5, 5.41) is 9.60. The van der Waals surface area contributed by atoms with Crippen molar-refractivity contribution in [3.8, 4) is 5.75 Å². The van der Waals surface area contributed by atoms with E-state index < -0.39 is 11.9 Å². The van der Waals surface area contributed by atoms with E-state index in [1.165, 1.54) is 4.90 Å². The summed E-state index contributed by atoms with van der Waals surface area (Å²) in [4.78, 5) is 24.6. The average Bonchev–Trinajstić information content (AvgIpc) is 2.60. The van der Waals surface area contributed by atoms with Crippen molar-refractivity contribution in [2.75, 3.05) is 13.6 Å². The molecule has 0 radical (unpaired) electrons. The molecule has 0 bridgehead atoms. The second-order valence-corrected chi connectivity index (χ2v) is 6.69. The number of rotatable bonds is 8. The van der Waals surface area contributed by atoms with Crippen molar-refractivity contribution in [3.63, 3.8) is 0 Å². The van der Waals surface area contributed by atoms with E-state index in [2.05, 4.69) is 0 Å². The number of amides is 1. The van der Waals surface area contributed by atoms with Gasteiger partial charge >= 0.3 is 5.97 Å². The number of benzene rings is 2. The van der Waals surface area contributed by atoms with Gasteiger partial charge in [-0.2, -0.15) is 0 Å². The number of hydrogen-bond donors (Lipinski definition) is 1. The molecule has 2 rings (SSSR count). The van der Waals surface area contributed by atoms with Crippen molar-refractivity contribution in [3.05, 3.63) is 64.7 Å². The quantitative estimate of drug-likeness (QED) is 0.764. The van der Waals surface area contributed by atoms with Crippen molar-refractivity contribution < 1.29 is 19.4 Å². The number of carboxylic acids is 1. The maximum atomic E-state index is 12.3. The van der Waals surface area contributed by atoms with Crippen LogP contribution < -0.4 is 4.74 Å². The lowest BCUT2D eigenvalue weighted by molar-refractivity contribution is -0.142. The molecule has 0 aliphatic heterocycles. The third-order valence-corrected chi connectivity index (χ3v) is 4.18. The molecule has 0 aliphatic carbocycles. The molecular weight excluding hydrogens is 354 g/mol. The fraction of sp³-hybridized carbons (Fsp3) is 0.300. The number of nitrogens with zero attached hydrogens (tertiary/aromatic N) is 1. The fourth-order valence-corrected chi connectivity index (χ4v) is 2.65. The van der Waals surface area contributed by atoms with Gasteiger partial charge in [0, 0.05) is 18.6 Å². The molecular formula is C20H22ClNO4. The third kappa shape index (κ3) is 6.08. The summed E-state index contributed by atoms with van der Waals surface area (Å²) in [6, 6.07) is 14.8. The van der Waals surface area contributed by atoms with Gasteiger partial charge in [-0.25, -0.2) is 0 Å². The molecule has 1 unspecified atom stereocenters. The first-order valence-electron chi connectivity index (χ1n) is 8.28. The lowest BCUT2D eigenvalue weighted by Gasteiger charge is -2.19. The molecule has 1 atom stereocenters. The van der Waals surface area contributed by atoms with Crippen molar-refractivity contribution >= 4 is 23.5 Å². The van der Waals surface area contributed by atoms with Crippen LogP contribution in [0.25, 0.3) is 0 Å². The van der Waals surface area contributed by atoms with Gasteiger partial charge in [0.15, 0.2) is 0 Å². The Balaban J connectivity index is 1.93. The first kappa shape index (κ1) is 19.8. The first-order chi connectivity index (χ1) is 12.3. The highest BCUT2D eigenvalue weighted by molar-refractivity contribution is 6.30. The van der Waals surface area contributed by atoms with Gasteiger partial charge < -0.3 is 14.7 Å². The van der Waals surface area contributed by atoms with E-state index in [-0.39, 0.29) is 18.9 Å². The molecule has 0 saturated heterocycles. The van der Waals surface area contributed by atoms with Crippen LogP contribution in [0.1, 0.15) is 18.1 Å². The molecule has 0 fully saturated rings. The molecule has 0 aromatic heterocycles. The Kier molecular flexibility index (Phi) is 7.04. The average molecular weight is 376 g/mol. The smallest absolute Gasteiger partial charge is 0.308 e. The van der Waals surface area contributed by atoms with Gasteiger partial charge in [0.25, 0.3) is 0 Å². The minimum atomic E-state index is -0.916. The minimum Gasteiger partial charge on any atom is -0.489 e. The van der Waals surface area contributed by atoms with Crippen LogP contribution in [0.2, 0.25) is 5.02 Å². The van der Waals surface area contributed by atoms with Crippen molar-refractivity contribution in [1.29, 1.82) is 0 Å². The molecule has 1 amide bonds. The van der Waals surface area contributed by atoms with Crippen LogP contribution in [-0.4, -0.2) is 35.5 Å². The summed E-state index contributed by atoms with van der Waals surface area (Å²) in [6.45, 7) is 2.14. The van der Waals surface area contributed by atoms with Crippen LogP contribution in [0.15, 0.2) is 48.5 Å². The summed E-state index contributed by atoms with van der Waals surface area (Å²) < 4.78 is 5.76. The van der Waals surface area contributed by atoms with E-state index in [1.807, 2.05) is 42.5 Å². The number of aliphatic carboxylic acids is 1. The van der Waals surface area contributed by atoms with Crippen LogP contribution in [0.5, 0.6) is 5.75 Å². The Bertz CT molecular complexity index is 778. The zero-order valence-electron chi connectivity index (χ0n) is 14.8. The summed E-state index contributed by atoms with van der Waals surface area (Å²) in [6.07, 6.45) is 0.192. The Labute approximate surface area is 158 Å².